The van der Waals surface area contributed by atoms with Gasteiger partial charge in [-0.15, -0.1) is 0 Å². The number of nitrogen functional groups attached to an aromatic ring is 1. The molecule has 0 unspecified atom stereocenters. The van der Waals surface area contributed by atoms with Crippen LogP contribution >= 0.6 is 0 Å². The van der Waals surface area contributed by atoms with Crippen LogP contribution in [0.1, 0.15) is 16.2 Å². The SMILES string of the molecule is Nc1cccc(C(=O)C=Cc2ncc[nH]2)c1. The van der Waals surface area contributed by atoms with E-state index >= 15 is 0 Å². The summed E-state index contributed by atoms with van der Waals surface area (Å²) >= 11 is 0. The maximum Gasteiger partial charge on any atom is 0.186 e. The van der Waals surface area contributed by atoms with Gasteiger partial charge < -0.3 is 10.7 Å². The quantitative estimate of drug-likeness (QED) is 0.464. The molecule has 0 saturated carbocycles. The van der Waals surface area contributed by atoms with Gasteiger partial charge in [-0.3, -0.25) is 4.79 Å². The fourth-order valence-corrected chi connectivity index (χ4v) is 1.31. The summed E-state index contributed by atoms with van der Waals surface area (Å²) in [7, 11) is 0. The number of allylic oxidation sites excluding steroid dienone is 1. The molecule has 1 aromatic carbocycles. The fraction of sp³-hybridized carbons (Fsp3) is 0. The van der Waals surface area contributed by atoms with E-state index < -0.39 is 0 Å². The summed E-state index contributed by atoms with van der Waals surface area (Å²) in [4.78, 5) is 18.6. The second kappa shape index (κ2) is 4.44. The predicted molar refractivity (Wildman–Crippen MR) is 62.8 cm³/mol. The van der Waals surface area contributed by atoms with Crippen LogP contribution in [0.15, 0.2) is 42.7 Å². The van der Waals surface area contributed by atoms with Crippen LogP contribution in [0.2, 0.25) is 0 Å². The number of aromatic amines is 1. The highest BCUT2D eigenvalue weighted by Gasteiger charge is 2.01. The summed E-state index contributed by atoms with van der Waals surface area (Å²) in [5.74, 6) is 0.556. The van der Waals surface area contributed by atoms with E-state index in [4.69, 9.17) is 5.73 Å². The molecule has 0 atom stereocenters. The molecule has 0 aliphatic heterocycles. The zero-order valence-corrected chi connectivity index (χ0v) is 8.55. The third kappa shape index (κ3) is 2.36. The lowest BCUT2D eigenvalue weighted by Crippen LogP contribution is -1.95. The second-order valence-corrected chi connectivity index (χ2v) is 3.30. The first-order valence-electron chi connectivity index (χ1n) is 4.83. The van der Waals surface area contributed by atoms with Gasteiger partial charge in [-0.2, -0.15) is 0 Å². The lowest BCUT2D eigenvalue weighted by Gasteiger charge is -1.96. The molecule has 2 aromatic rings. The summed E-state index contributed by atoms with van der Waals surface area (Å²) in [6.45, 7) is 0. The molecule has 0 saturated heterocycles. The molecule has 4 nitrogen and oxygen atoms in total. The third-order valence-corrected chi connectivity index (χ3v) is 2.08. The molecule has 16 heavy (non-hydrogen) atoms. The minimum Gasteiger partial charge on any atom is -0.399 e. The average Bonchev–Trinajstić information content (AvgIpc) is 2.78. The molecule has 0 radical (unpaired) electrons. The first-order chi connectivity index (χ1) is 7.75. The van der Waals surface area contributed by atoms with Crippen molar-refractivity contribution in [2.24, 2.45) is 0 Å². The number of carbonyl (C=O) groups is 1. The number of nitrogens with zero attached hydrogens (tertiary/aromatic N) is 1. The zero-order valence-electron chi connectivity index (χ0n) is 8.55. The van der Waals surface area contributed by atoms with Crippen LogP contribution in [-0.4, -0.2) is 15.8 Å². The smallest absolute Gasteiger partial charge is 0.186 e. The Kier molecular flexibility index (Phi) is 2.82. The Morgan fingerprint density at radius 2 is 2.31 bits per heavy atom. The molecule has 1 aromatic heterocycles. The number of benzene rings is 1. The molecule has 1 heterocycles. The highest BCUT2D eigenvalue weighted by molar-refractivity contribution is 6.07. The Bertz CT molecular complexity index is 515. The molecule has 80 valence electrons. The van der Waals surface area contributed by atoms with Crippen LogP contribution in [0.4, 0.5) is 5.69 Å². The maximum atomic E-state index is 11.7. The van der Waals surface area contributed by atoms with Gasteiger partial charge >= 0.3 is 0 Å². The van der Waals surface area contributed by atoms with Gasteiger partial charge in [0.05, 0.1) is 0 Å². The largest absolute Gasteiger partial charge is 0.399 e. The number of hydrogen-bond donors (Lipinski definition) is 2. The van der Waals surface area contributed by atoms with Gasteiger partial charge in [-0.05, 0) is 24.3 Å². The van der Waals surface area contributed by atoms with Crippen LogP contribution in [0.25, 0.3) is 6.08 Å². The van der Waals surface area contributed by atoms with E-state index in [1.165, 1.54) is 6.08 Å². The van der Waals surface area contributed by atoms with E-state index in [0.717, 1.165) is 0 Å². The van der Waals surface area contributed by atoms with E-state index in [-0.39, 0.29) is 5.78 Å². The second-order valence-electron chi connectivity index (χ2n) is 3.30. The molecule has 0 aliphatic carbocycles. The lowest BCUT2D eigenvalue weighted by molar-refractivity contribution is 0.104. The van der Waals surface area contributed by atoms with Crippen molar-refractivity contribution in [1.29, 1.82) is 0 Å². The number of imidazole rings is 1. The normalized spacial score (nSPS) is 10.8. The maximum absolute atomic E-state index is 11.7. The number of ketones is 1. The summed E-state index contributed by atoms with van der Waals surface area (Å²) in [5.41, 5.74) is 6.75. The minimum atomic E-state index is -0.0938. The van der Waals surface area contributed by atoms with Crippen LogP contribution in [-0.2, 0) is 0 Å². The molecule has 0 spiro atoms. The number of nitrogens with one attached hydrogen (secondary N) is 1. The van der Waals surface area contributed by atoms with Crippen molar-refractivity contribution < 1.29 is 4.79 Å². The molecule has 0 fully saturated rings. The van der Waals surface area contributed by atoms with E-state index in [0.29, 0.717) is 17.1 Å². The van der Waals surface area contributed by atoms with Crippen molar-refractivity contribution in [2.75, 3.05) is 5.73 Å². The van der Waals surface area contributed by atoms with Crippen LogP contribution in [0.5, 0.6) is 0 Å². The van der Waals surface area contributed by atoms with Gasteiger partial charge in [0.25, 0.3) is 0 Å². The fourth-order valence-electron chi connectivity index (χ4n) is 1.31. The summed E-state index contributed by atoms with van der Waals surface area (Å²) in [5, 5.41) is 0. The lowest BCUT2D eigenvalue weighted by atomic mass is 10.1. The number of H-pyrrole nitrogens is 1. The molecule has 0 amide bonds. The van der Waals surface area contributed by atoms with E-state index in [1.54, 1.807) is 42.7 Å². The van der Waals surface area contributed by atoms with E-state index in [2.05, 4.69) is 9.97 Å². The van der Waals surface area contributed by atoms with Crippen molar-refractivity contribution in [3.8, 4) is 0 Å². The molecular weight excluding hydrogens is 202 g/mol. The Morgan fingerprint density at radius 1 is 1.44 bits per heavy atom. The van der Waals surface area contributed by atoms with Gasteiger partial charge in [0.2, 0.25) is 0 Å². The van der Waals surface area contributed by atoms with Crippen molar-refractivity contribution in [1.82, 2.24) is 9.97 Å². The Labute approximate surface area is 92.8 Å². The third-order valence-electron chi connectivity index (χ3n) is 2.08. The van der Waals surface area contributed by atoms with E-state index in [1.807, 2.05) is 0 Å². The van der Waals surface area contributed by atoms with Gasteiger partial charge in [-0.1, -0.05) is 12.1 Å². The number of hydrogen-bond acceptors (Lipinski definition) is 3. The summed E-state index contributed by atoms with van der Waals surface area (Å²) in [6, 6.07) is 6.87. The van der Waals surface area contributed by atoms with E-state index in [9.17, 15) is 4.79 Å². The number of anilines is 1. The van der Waals surface area contributed by atoms with Gasteiger partial charge in [0.15, 0.2) is 5.78 Å². The van der Waals surface area contributed by atoms with Crippen molar-refractivity contribution in [2.45, 2.75) is 0 Å². The molecule has 2 rings (SSSR count). The number of rotatable bonds is 3. The molecule has 3 N–H and O–H groups in total. The first-order valence-corrected chi connectivity index (χ1v) is 4.83. The van der Waals surface area contributed by atoms with Crippen LogP contribution < -0.4 is 5.73 Å². The van der Waals surface area contributed by atoms with Crippen LogP contribution in [0, 0.1) is 0 Å². The molecule has 0 aliphatic rings. The number of aromatic nitrogens is 2. The average molecular weight is 213 g/mol. The monoisotopic (exact) mass is 213 g/mol. The molecule has 0 bridgehead atoms. The molecule has 4 heteroatoms. The van der Waals surface area contributed by atoms with Gasteiger partial charge in [0.1, 0.15) is 5.82 Å². The highest BCUT2D eigenvalue weighted by atomic mass is 16.1. The minimum absolute atomic E-state index is 0.0938. The van der Waals surface area contributed by atoms with Gasteiger partial charge in [0, 0.05) is 23.6 Å². The Morgan fingerprint density at radius 3 is 3.00 bits per heavy atom. The van der Waals surface area contributed by atoms with Gasteiger partial charge in [-0.25, -0.2) is 4.98 Å². The van der Waals surface area contributed by atoms with Crippen molar-refractivity contribution in [3.05, 3.63) is 54.1 Å². The summed E-state index contributed by atoms with van der Waals surface area (Å²) in [6.07, 6.45) is 6.43. The van der Waals surface area contributed by atoms with Crippen molar-refractivity contribution >= 4 is 17.5 Å². The first kappa shape index (κ1) is 10.2. The number of carbonyl (C=O) groups excluding carboxylic acids is 1. The Balaban J connectivity index is 2.15. The number of nitrogens with two attached hydrogens (primary N) is 1. The highest BCUT2D eigenvalue weighted by Crippen LogP contribution is 2.08. The van der Waals surface area contributed by atoms with Crippen LogP contribution in [0.3, 0.4) is 0 Å². The van der Waals surface area contributed by atoms with Crippen molar-refractivity contribution in [3.63, 3.8) is 0 Å². The topological polar surface area (TPSA) is 71.8 Å². The predicted octanol–water partition coefficient (Wildman–Crippen LogP) is 1.89. The summed E-state index contributed by atoms with van der Waals surface area (Å²) < 4.78 is 0. The molecular formula is C12H11N3O. The standard InChI is InChI=1S/C12H11N3O/c13-10-3-1-2-9(8-10)11(16)4-5-12-14-6-7-15-12/h1-8H,13H2,(H,14,15). The zero-order chi connectivity index (χ0) is 11.4. The Hall–Kier alpha value is -2.36.